The minimum Gasteiger partial charge on any atom is -0.232 e. The Labute approximate surface area is 115 Å². The molecule has 5 heteroatoms. The quantitative estimate of drug-likeness (QED) is 0.714. The molecule has 2 rings (SSSR count). The van der Waals surface area contributed by atoms with E-state index in [2.05, 4.69) is 55.7 Å². The van der Waals surface area contributed by atoms with E-state index in [0.717, 1.165) is 25.5 Å². The first kappa shape index (κ1) is 12.2. The standard InChI is InChI=1S/C11H10Br2N2S/c1-6(2)11-14-8(5-9(13)15-11)10-7(12)3-4-16-10/h3-6H,1-2H3. The molecule has 0 N–H and O–H groups in total. The molecule has 0 unspecified atom stereocenters. The summed E-state index contributed by atoms with van der Waals surface area (Å²) in [7, 11) is 0. The van der Waals surface area contributed by atoms with Gasteiger partial charge >= 0.3 is 0 Å². The molecule has 0 radical (unpaired) electrons. The van der Waals surface area contributed by atoms with E-state index in [9.17, 15) is 0 Å². The Morgan fingerprint density at radius 2 is 2.00 bits per heavy atom. The predicted octanol–water partition coefficient (Wildman–Crippen LogP) is 4.85. The third kappa shape index (κ3) is 2.52. The molecule has 0 spiro atoms. The van der Waals surface area contributed by atoms with Crippen LogP contribution in [0, 0.1) is 0 Å². The second-order valence-corrected chi connectivity index (χ2v) is 6.27. The smallest absolute Gasteiger partial charge is 0.132 e. The largest absolute Gasteiger partial charge is 0.232 e. The molecule has 0 saturated carbocycles. The summed E-state index contributed by atoms with van der Waals surface area (Å²) >= 11 is 8.63. The number of hydrogen-bond donors (Lipinski definition) is 0. The molecule has 2 nitrogen and oxygen atoms in total. The molecule has 0 aliphatic heterocycles. The van der Waals surface area contributed by atoms with Gasteiger partial charge in [-0.1, -0.05) is 13.8 Å². The van der Waals surface area contributed by atoms with Crippen LogP contribution in [0.4, 0.5) is 0 Å². The van der Waals surface area contributed by atoms with E-state index in [1.807, 2.05) is 17.5 Å². The van der Waals surface area contributed by atoms with Gasteiger partial charge in [0.15, 0.2) is 0 Å². The SMILES string of the molecule is CC(C)c1nc(Br)cc(-c2sccc2Br)n1. The number of nitrogens with zero attached hydrogens (tertiary/aromatic N) is 2. The number of thiophene rings is 1. The number of halogens is 2. The van der Waals surface area contributed by atoms with E-state index in [-0.39, 0.29) is 0 Å². The van der Waals surface area contributed by atoms with Crippen LogP contribution in [0.25, 0.3) is 10.6 Å². The van der Waals surface area contributed by atoms with E-state index < -0.39 is 0 Å². The first-order valence-corrected chi connectivity index (χ1v) is 7.32. The number of aromatic nitrogens is 2. The van der Waals surface area contributed by atoms with Crippen LogP contribution in [0.3, 0.4) is 0 Å². The normalized spacial score (nSPS) is 11.1. The monoisotopic (exact) mass is 360 g/mol. The summed E-state index contributed by atoms with van der Waals surface area (Å²) < 4.78 is 1.92. The summed E-state index contributed by atoms with van der Waals surface area (Å²) in [4.78, 5) is 10.1. The van der Waals surface area contributed by atoms with Crippen LogP contribution in [0.15, 0.2) is 26.6 Å². The maximum atomic E-state index is 4.58. The molecule has 0 amide bonds. The lowest BCUT2D eigenvalue weighted by Gasteiger charge is -2.06. The fraction of sp³-hybridized carbons (Fsp3) is 0.273. The molecule has 0 aliphatic carbocycles. The molecule has 16 heavy (non-hydrogen) atoms. The summed E-state index contributed by atoms with van der Waals surface area (Å²) in [5, 5.41) is 2.05. The third-order valence-corrected chi connectivity index (χ3v) is 4.34. The van der Waals surface area contributed by atoms with Crippen molar-refractivity contribution < 1.29 is 0 Å². The second kappa shape index (κ2) is 4.94. The van der Waals surface area contributed by atoms with Gasteiger partial charge in [-0.2, -0.15) is 0 Å². The van der Waals surface area contributed by atoms with Gasteiger partial charge < -0.3 is 0 Å². The molecular formula is C11H10Br2N2S. The van der Waals surface area contributed by atoms with Crippen LogP contribution in [0.5, 0.6) is 0 Å². The topological polar surface area (TPSA) is 25.8 Å². The summed E-state index contributed by atoms with van der Waals surface area (Å²) in [6.45, 7) is 4.18. The zero-order valence-electron chi connectivity index (χ0n) is 8.87. The van der Waals surface area contributed by atoms with Crippen LogP contribution in [0.1, 0.15) is 25.6 Å². The molecule has 0 aliphatic rings. The lowest BCUT2D eigenvalue weighted by atomic mass is 10.2. The molecule has 84 valence electrons. The van der Waals surface area contributed by atoms with Crippen LogP contribution >= 0.6 is 43.2 Å². The zero-order chi connectivity index (χ0) is 11.7. The summed E-state index contributed by atoms with van der Waals surface area (Å²) in [6.07, 6.45) is 0. The average Bonchev–Trinajstić information content (AvgIpc) is 2.63. The Hall–Kier alpha value is -0.260. The lowest BCUT2D eigenvalue weighted by Crippen LogP contribution is -1.99. The fourth-order valence-electron chi connectivity index (χ4n) is 1.29. The van der Waals surface area contributed by atoms with E-state index in [1.54, 1.807) is 11.3 Å². The predicted molar refractivity (Wildman–Crippen MR) is 74.8 cm³/mol. The third-order valence-electron chi connectivity index (χ3n) is 2.08. The Morgan fingerprint density at radius 1 is 1.25 bits per heavy atom. The van der Waals surface area contributed by atoms with E-state index in [0.29, 0.717) is 5.92 Å². The summed E-state index contributed by atoms with van der Waals surface area (Å²) in [6, 6.07) is 3.98. The van der Waals surface area contributed by atoms with Gasteiger partial charge in [-0.05, 0) is 49.4 Å². The van der Waals surface area contributed by atoms with Crippen LogP contribution in [0.2, 0.25) is 0 Å². The van der Waals surface area contributed by atoms with E-state index in [4.69, 9.17) is 0 Å². The van der Waals surface area contributed by atoms with Crippen molar-refractivity contribution in [3.63, 3.8) is 0 Å². The maximum Gasteiger partial charge on any atom is 0.132 e. The second-order valence-electron chi connectivity index (χ2n) is 3.69. The fourth-order valence-corrected chi connectivity index (χ4v) is 3.22. The van der Waals surface area contributed by atoms with Gasteiger partial charge in [-0.15, -0.1) is 11.3 Å². The molecule has 2 aromatic heterocycles. The Bertz CT molecular complexity index is 508. The minimum atomic E-state index is 0.329. The van der Waals surface area contributed by atoms with Gasteiger partial charge in [-0.25, -0.2) is 9.97 Å². The molecule has 2 heterocycles. The highest BCUT2D eigenvalue weighted by Crippen LogP contribution is 2.33. The van der Waals surface area contributed by atoms with Crippen LogP contribution in [-0.4, -0.2) is 9.97 Å². The average molecular weight is 362 g/mol. The molecule has 2 aromatic rings. The number of hydrogen-bond acceptors (Lipinski definition) is 3. The highest BCUT2D eigenvalue weighted by atomic mass is 79.9. The van der Waals surface area contributed by atoms with Crippen LogP contribution < -0.4 is 0 Å². The van der Waals surface area contributed by atoms with Crippen molar-refractivity contribution in [1.29, 1.82) is 0 Å². The van der Waals surface area contributed by atoms with Crippen molar-refractivity contribution in [1.82, 2.24) is 9.97 Å². The Morgan fingerprint density at radius 3 is 2.56 bits per heavy atom. The Kier molecular flexibility index (Phi) is 3.77. The van der Waals surface area contributed by atoms with Crippen molar-refractivity contribution in [2.24, 2.45) is 0 Å². The molecule has 0 bridgehead atoms. The van der Waals surface area contributed by atoms with Crippen LogP contribution in [-0.2, 0) is 0 Å². The van der Waals surface area contributed by atoms with Crippen molar-refractivity contribution >= 4 is 43.2 Å². The maximum absolute atomic E-state index is 4.58. The molecule has 0 aromatic carbocycles. The van der Waals surface area contributed by atoms with Crippen molar-refractivity contribution in [2.75, 3.05) is 0 Å². The molecule has 0 saturated heterocycles. The molecule has 0 fully saturated rings. The van der Waals surface area contributed by atoms with Gasteiger partial charge in [0.25, 0.3) is 0 Å². The Balaban J connectivity index is 2.54. The van der Waals surface area contributed by atoms with Crippen molar-refractivity contribution in [3.8, 4) is 10.6 Å². The molecule has 0 atom stereocenters. The lowest BCUT2D eigenvalue weighted by molar-refractivity contribution is 0.771. The minimum absolute atomic E-state index is 0.329. The highest BCUT2D eigenvalue weighted by Gasteiger charge is 2.11. The first-order chi connectivity index (χ1) is 7.58. The molecular weight excluding hydrogens is 352 g/mol. The van der Waals surface area contributed by atoms with Crippen molar-refractivity contribution in [2.45, 2.75) is 19.8 Å². The van der Waals surface area contributed by atoms with Gasteiger partial charge in [0.05, 0.1) is 10.6 Å². The summed E-state index contributed by atoms with van der Waals surface area (Å²) in [5.74, 6) is 1.19. The summed E-state index contributed by atoms with van der Waals surface area (Å²) in [5.41, 5.74) is 0.965. The van der Waals surface area contributed by atoms with E-state index in [1.165, 1.54) is 0 Å². The number of rotatable bonds is 2. The van der Waals surface area contributed by atoms with Gasteiger partial charge in [0.1, 0.15) is 10.4 Å². The highest BCUT2D eigenvalue weighted by molar-refractivity contribution is 9.10. The van der Waals surface area contributed by atoms with Gasteiger partial charge in [0, 0.05) is 10.4 Å². The van der Waals surface area contributed by atoms with Gasteiger partial charge in [0.2, 0.25) is 0 Å². The first-order valence-electron chi connectivity index (χ1n) is 4.85. The zero-order valence-corrected chi connectivity index (χ0v) is 12.9. The van der Waals surface area contributed by atoms with Crippen molar-refractivity contribution in [3.05, 3.63) is 32.4 Å². The van der Waals surface area contributed by atoms with E-state index >= 15 is 0 Å². The van der Waals surface area contributed by atoms with Gasteiger partial charge in [-0.3, -0.25) is 0 Å².